The first-order chi connectivity index (χ1) is 17.2. The lowest BCUT2D eigenvalue weighted by Gasteiger charge is -2.22. The summed E-state index contributed by atoms with van der Waals surface area (Å²) in [5, 5.41) is 10.2. The van der Waals surface area contributed by atoms with Crippen molar-refractivity contribution in [1.29, 1.82) is 0 Å². The van der Waals surface area contributed by atoms with Gasteiger partial charge < -0.3 is 9.88 Å². The number of imidazole rings is 1. The van der Waals surface area contributed by atoms with E-state index < -0.39 is 36.1 Å². The molecule has 2 aliphatic rings. The van der Waals surface area contributed by atoms with Gasteiger partial charge in [0.25, 0.3) is 5.56 Å². The molecular weight excluding hydrogens is 477 g/mol. The fraction of sp³-hybridized carbons (Fsp3) is 0.292. The lowest BCUT2D eigenvalue weighted by Crippen LogP contribution is -2.51. The number of urea groups is 1. The molecule has 3 aromatic heterocycles. The molecule has 1 saturated carbocycles. The standard InChI is InChI=1S/C24H19F3N6O3/c25-24(26,27)11-32-5-3-12-1-2-13(7-15(12)22(32)35)14-8-16(14)17-9-19(31-33-6-4-28-20(17)33)18-10-29-23(36)30-21(18)34/h1-7,9,14,16,18H,8,10-11H2,(H2,29,30,34,36)/t14-,16+,18?/m1/s1. The number of pyridine rings is 1. The zero-order valence-corrected chi connectivity index (χ0v) is 18.6. The minimum absolute atomic E-state index is 0.0245. The Kier molecular flexibility index (Phi) is 4.88. The molecular formula is C24H19F3N6O3. The van der Waals surface area contributed by atoms with Crippen molar-refractivity contribution in [2.75, 3.05) is 6.54 Å². The molecule has 4 heterocycles. The topological polar surface area (TPSA) is 110 Å². The fourth-order valence-electron chi connectivity index (χ4n) is 4.93. The molecule has 36 heavy (non-hydrogen) atoms. The van der Waals surface area contributed by atoms with Crippen molar-refractivity contribution in [2.24, 2.45) is 0 Å². The number of nitrogens with one attached hydrogen (secondary N) is 2. The number of carbonyl (C=O) groups excluding carboxylic acids is 2. The molecule has 3 amide bonds. The van der Waals surface area contributed by atoms with Gasteiger partial charge in [-0.25, -0.2) is 14.3 Å². The maximum absolute atomic E-state index is 12.9. The molecule has 6 rings (SSSR count). The fourth-order valence-corrected chi connectivity index (χ4v) is 4.93. The summed E-state index contributed by atoms with van der Waals surface area (Å²) in [4.78, 5) is 41.0. The highest BCUT2D eigenvalue weighted by Gasteiger charge is 2.42. The zero-order chi connectivity index (χ0) is 25.2. The average Bonchev–Trinajstić information content (AvgIpc) is 3.47. The number of hydrogen-bond donors (Lipinski definition) is 2. The predicted molar refractivity (Wildman–Crippen MR) is 122 cm³/mol. The van der Waals surface area contributed by atoms with E-state index in [4.69, 9.17) is 0 Å². The molecule has 1 unspecified atom stereocenters. The number of fused-ring (bicyclic) bond motifs is 2. The average molecular weight is 496 g/mol. The van der Waals surface area contributed by atoms with E-state index in [0.717, 1.165) is 23.7 Å². The number of hydrogen-bond acceptors (Lipinski definition) is 5. The Morgan fingerprint density at radius 3 is 2.67 bits per heavy atom. The molecule has 184 valence electrons. The van der Waals surface area contributed by atoms with Crippen molar-refractivity contribution in [2.45, 2.75) is 36.9 Å². The molecule has 2 fully saturated rings. The normalized spacial score (nSPS) is 22.0. The van der Waals surface area contributed by atoms with E-state index in [1.165, 1.54) is 6.07 Å². The van der Waals surface area contributed by atoms with Gasteiger partial charge in [0.2, 0.25) is 5.91 Å². The number of amides is 3. The summed E-state index contributed by atoms with van der Waals surface area (Å²) >= 11 is 0. The molecule has 1 aliphatic heterocycles. The van der Waals surface area contributed by atoms with Crippen LogP contribution in [0.2, 0.25) is 0 Å². The van der Waals surface area contributed by atoms with Crippen LogP contribution in [0, 0.1) is 0 Å². The Morgan fingerprint density at radius 1 is 1.06 bits per heavy atom. The lowest BCUT2D eigenvalue weighted by molar-refractivity contribution is -0.141. The van der Waals surface area contributed by atoms with E-state index in [9.17, 15) is 27.6 Å². The number of nitrogens with zero attached hydrogens (tertiary/aromatic N) is 4. The summed E-state index contributed by atoms with van der Waals surface area (Å²) < 4.78 is 40.9. The third-order valence-electron chi connectivity index (χ3n) is 6.75. The number of halogens is 3. The molecule has 0 radical (unpaired) electrons. The number of carbonyl (C=O) groups is 2. The molecule has 12 heteroatoms. The summed E-state index contributed by atoms with van der Waals surface area (Å²) in [6.07, 6.45) is 0.695. The van der Waals surface area contributed by atoms with Crippen molar-refractivity contribution in [3.05, 3.63) is 76.1 Å². The van der Waals surface area contributed by atoms with Crippen LogP contribution in [0.4, 0.5) is 18.0 Å². The van der Waals surface area contributed by atoms with Crippen LogP contribution in [0.5, 0.6) is 0 Å². The Hall–Kier alpha value is -4.22. The summed E-state index contributed by atoms with van der Waals surface area (Å²) in [5.41, 5.74) is 2.17. The molecule has 1 aromatic carbocycles. The SMILES string of the molecule is O=C1NCC(c2cc([C@H]3C[C@@H]3c3ccc4ccn(CC(F)(F)F)c(=O)c4c3)c3nccn3n2)C(=O)N1. The van der Waals surface area contributed by atoms with E-state index in [1.54, 1.807) is 29.0 Å². The van der Waals surface area contributed by atoms with Crippen molar-refractivity contribution in [3.8, 4) is 0 Å². The van der Waals surface area contributed by atoms with Crippen LogP contribution in [0.25, 0.3) is 16.4 Å². The van der Waals surface area contributed by atoms with Crippen LogP contribution in [0.3, 0.4) is 0 Å². The quantitative estimate of drug-likeness (QED) is 0.452. The van der Waals surface area contributed by atoms with Gasteiger partial charge in [-0.2, -0.15) is 18.3 Å². The minimum atomic E-state index is -4.50. The molecule has 1 aliphatic carbocycles. The van der Waals surface area contributed by atoms with Gasteiger partial charge in [0.05, 0.1) is 11.6 Å². The van der Waals surface area contributed by atoms with Gasteiger partial charge in [0.15, 0.2) is 5.65 Å². The molecule has 1 saturated heterocycles. The van der Waals surface area contributed by atoms with Crippen LogP contribution < -0.4 is 16.2 Å². The van der Waals surface area contributed by atoms with Gasteiger partial charge in [-0.3, -0.25) is 14.9 Å². The molecule has 0 bridgehead atoms. The maximum Gasteiger partial charge on any atom is 0.406 e. The van der Waals surface area contributed by atoms with Gasteiger partial charge in [0.1, 0.15) is 6.54 Å². The molecule has 4 aromatic rings. The second-order valence-corrected chi connectivity index (χ2v) is 9.13. The summed E-state index contributed by atoms with van der Waals surface area (Å²) in [6.45, 7) is -1.22. The number of alkyl halides is 3. The molecule has 3 atom stereocenters. The first kappa shape index (κ1) is 22.3. The summed E-state index contributed by atoms with van der Waals surface area (Å²) in [6, 6.07) is 8.09. The van der Waals surface area contributed by atoms with Crippen LogP contribution in [0.15, 0.2) is 53.7 Å². The first-order valence-corrected chi connectivity index (χ1v) is 11.3. The smallest absolute Gasteiger partial charge is 0.337 e. The van der Waals surface area contributed by atoms with Crippen molar-refractivity contribution >= 4 is 28.4 Å². The van der Waals surface area contributed by atoms with Crippen molar-refractivity contribution in [3.63, 3.8) is 0 Å². The summed E-state index contributed by atoms with van der Waals surface area (Å²) in [5.74, 6) is -1.04. The van der Waals surface area contributed by atoms with Crippen LogP contribution in [0.1, 0.15) is 41.0 Å². The van der Waals surface area contributed by atoms with E-state index >= 15 is 0 Å². The third-order valence-corrected chi connectivity index (χ3v) is 6.75. The van der Waals surface area contributed by atoms with Crippen LogP contribution in [-0.2, 0) is 11.3 Å². The third kappa shape index (κ3) is 3.88. The first-order valence-electron chi connectivity index (χ1n) is 11.3. The van der Waals surface area contributed by atoms with E-state index in [-0.39, 0.29) is 23.8 Å². The Bertz CT molecular complexity index is 1610. The maximum atomic E-state index is 12.9. The van der Waals surface area contributed by atoms with Gasteiger partial charge in [-0.05, 0) is 47.4 Å². The number of rotatable bonds is 4. The van der Waals surface area contributed by atoms with Crippen molar-refractivity contribution < 1.29 is 22.8 Å². The zero-order valence-electron chi connectivity index (χ0n) is 18.6. The van der Waals surface area contributed by atoms with Crippen LogP contribution in [-0.4, -0.2) is 43.8 Å². The highest BCUT2D eigenvalue weighted by atomic mass is 19.4. The monoisotopic (exact) mass is 496 g/mol. The Morgan fingerprint density at radius 2 is 1.89 bits per heavy atom. The molecule has 2 N–H and O–H groups in total. The van der Waals surface area contributed by atoms with Crippen LogP contribution >= 0.6 is 0 Å². The second-order valence-electron chi connectivity index (χ2n) is 9.13. The number of benzene rings is 1. The van der Waals surface area contributed by atoms with E-state index in [1.807, 2.05) is 12.1 Å². The van der Waals surface area contributed by atoms with E-state index in [2.05, 4.69) is 20.7 Å². The van der Waals surface area contributed by atoms with Gasteiger partial charge in [0, 0.05) is 36.1 Å². The van der Waals surface area contributed by atoms with Gasteiger partial charge >= 0.3 is 12.2 Å². The number of aromatic nitrogens is 4. The van der Waals surface area contributed by atoms with Crippen molar-refractivity contribution in [1.82, 2.24) is 29.8 Å². The van der Waals surface area contributed by atoms with E-state index in [0.29, 0.717) is 21.3 Å². The summed E-state index contributed by atoms with van der Waals surface area (Å²) in [7, 11) is 0. The number of imide groups is 1. The highest BCUT2D eigenvalue weighted by molar-refractivity contribution is 6.00. The highest BCUT2D eigenvalue weighted by Crippen LogP contribution is 2.55. The minimum Gasteiger partial charge on any atom is -0.337 e. The molecule has 9 nitrogen and oxygen atoms in total. The van der Waals surface area contributed by atoms with Gasteiger partial charge in [-0.15, -0.1) is 0 Å². The Labute approximate surface area is 200 Å². The second kappa shape index (κ2) is 7.90. The largest absolute Gasteiger partial charge is 0.406 e. The molecule has 0 spiro atoms. The predicted octanol–water partition coefficient (Wildman–Crippen LogP) is 2.80. The van der Waals surface area contributed by atoms with Gasteiger partial charge in [-0.1, -0.05) is 12.1 Å². The Balaban J connectivity index is 1.35. The lowest BCUT2D eigenvalue weighted by atomic mass is 9.98.